The van der Waals surface area contributed by atoms with E-state index in [0.29, 0.717) is 6.54 Å². The largest absolute Gasteiger partial charge is 0.398 e. The number of para-hydroxylation sites is 2. The van der Waals surface area contributed by atoms with E-state index >= 15 is 0 Å². The molecule has 11 rings (SSSR count). The Kier molecular flexibility index (Phi) is 8.04. The number of pyridine rings is 1. The SMILES string of the molecule is N/C(=C\C(=C/Cn1c2ccccc2c2ccc3cc4c5ccccc5c5ccccc5n4c3c21)c1cccc(-c2ccccc2)c1)c1cccc(-c2ccccc2)c1. The van der Waals surface area contributed by atoms with Crippen molar-refractivity contribution < 1.29 is 0 Å². The van der Waals surface area contributed by atoms with Crippen LogP contribution in [0.1, 0.15) is 11.1 Å². The van der Waals surface area contributed by atoms with Gasteiger partial charge in [-0.15, -0.1) is 0 Å². The van der Waals surface area contributed by atoms with Gasteiger partial charge in [-0.1, -0.05) is 176 Å². The third-order valence-electron chi connectivity index (χ3n) is 11.7. The van der Waals surface area contributed by atoms with Crippen LogP contribution in [0.2, 0.25) is 0 Å². The molecule has 58 heavy (non-hydrogen) atoms. The van der Waals surface area contributed by atoms with Crippen LogP contribution in [0.25, 0.3) is 93.4 Å². The predicted octanol–water partition coefficient (Wildman–Crippen LogP) is 13.9. The second-order valence-corrected chi connectivity index (χ2v) is 15.1. The minimum atomic E-state index is 0.639. The normalized spacial score (nSPS) is 12.5. The number of benzene rings is 8. The van der Waals surface area contributed by atoms with Crippen LogP contribution < -0.4 is 5.73 Å². The van der Waals surface area contributed by atoms with E-state index < -0.39 is 0 Å². The smallest absolute Gasteiger partial charge is 0.0779 e. The van der Waals surface area contributed by atoms with Crippen molar-refractivity contribution in [2.24, 2.45) is 5.73 Å². The van der Waals surface area contributed by atoms with Crippen LogP contribution >= 0.6 is 0 Å². The van der Waals surface area contributed by atoms with Crippen molar-refractivity contribution in [2.45, 2.75) is 6.54 Å². The quantitative estimate of drug-likeness (QED) is 0.128. The molecule has 0 fully saturated rings. The van der Waals surface area contributed by atoms with Gasteiger partial charge in [0.1, 0.15) is 0 Å². The lowest BCUT2D eigenvalue weighted by molar-refractivity contribution is 0.902. The first kappa shape index (κ1) is 33.7. The number of fused-ring (bicyclic) bond motifs is 12. The fraction of sp³-hybridized carbons (Fsp3) is 0.0182. The van der Waals surface area contributed by atoms with Gasteiger partial charge in [0.2, 0.25) is 0 Å². The Morgan fingerprint density at radius 1 is 0.414 bits per heavy atom. The van der Waals surface area contributed by atoms with Gasteiger partial charge in [0, 0.05) is 44.7 Å². The fourth-order valence-corrected chi connectivity index (χ4v) is 9.02. The van der Waals surface area contributed by atoms with Gasteiger partial charge in [0.25, 0.3) is 0 Å². The number of nitrogens with zero attached hydrogens (tertiary/aromatic N) is 2. The monoisotopic (exact) mass is 741 g/mol. The van der Waals surface area contributed by atoms with E-state index in [1.165, 1.54) is 76.6 Å². The van der Waals surface area contributed by atoms with Gasteiger partial charge >= 0.3 is 0 Å². The lowest BCUT2D eigenvalue weighted by atomic mass is 9.96. The molecule has 0 amide bonds. The van der Waals surface area contributed by atoms with E-state index in [1.807, 2.05) is 6.07 Å². The maximum absolute atomic E-state index is 7.09. The Morgan fingerprint density at radius 2 is 0.948 bits per heavy atom. The molecule has 0 aliphatic carbocycles. The molecule has 3 nitrogen and oxygen atoms in total. The van der Waals surface area contributed by atoms with Gasteiger partial charge in [-0.05, 0) is 80.7 Å². The van der Waals surface area contributed by atoms with Crippen LogP contribution in [0.3, 0.4) is 0 Å². The van der Waals surface area contributed by atoms with Crippen molar-refractivity contribution in [1.82, 2.24) is 8.97 Å². The minimum absolute atomic E-state index is 0.639. The zero-order valence-electron chi connectivity index (χ0n) is 31.9. The molecule has 0 radical (unpaired) electrons. The molecule has 0 unspecified atom stereocenters. The van der Waals surface area contributed by atoms with E-state index in [-0.39, 0.29) is 0 Å². The highest BCUT2D eigenvalue weighted by atomic mass is 15.0. The van der Waals surface area contributed by atoms with Crippen LogP contribution in [-0.2, 0) is 6.54 Å². The average Bonchev–Trinajstić information content (AvgIpc) is 3.85. The third kappa shape index (κ3) is 5.59. The Hall–Kier alpha value is -7.62. The summed E-state index contributed by atoms with van der Waals surface area (Å²) in [5.74, 6) is 0. The van der Waals surface area contributed by atoms with Gasteiger partial charge < -0.3 is 14.7 Å². The van der Waals surface area contributed by atoms with Gasteiger partial charge in [0.15, 0.2) is 0 Å². The summed E-state index contributed by atoms with van der Waals surface area (Å²) in [5.41, 5.74) is 21.7. The number of hydrogen-bond acceptors (Lipinski definition) is 1. The van der Waals surface area contributed by atoms with Crippen molar-refractivity contribution in [3.63, 3.8) is 0 Å². The number of hydrogen-bond donors (Lipinski definition) is 1. The molecule has 3 aromatic heterocycles. The number of rotatable bonds is 7. The van der Waals surface area contributed by atoms with Crippen molar-refractivity contribution in [3.8, 4) is 22.3 Å². The van der Waals surface area contributed by atoms with Gasteiger partial charge in [-0.3, -0.25) is 0 Å². The van der Waals surface area contributed by atoms with E-state index in [2.05, 4.69) is 215 Å². The summed E-state index contributed by atoms with van der Waals surface area (Å²) in [6.45, 7) is 0.639. The van der Waals surface area contributed by atoms with Crippen LogP contribution in [-0.4, -0.2) is 8.97 Å². The summed E-state index contributed by atoms with van der Waals surface area (Å²) >= 11 is 0. The number of allylic oxidation sites excluding steroid dienone is 3. The van der Waals surface area contributed by atoms with E-state index in [9.17, 15) is 0 Å². The van der Waals surface area contributed by atoms with Crippen molar-refractivity contribution in [1.29, 1.82) is 0 Å². The zero-order chi connectivity index (χ0) is 38.6. The molecule has 0 aliphatic heterocycles. The van der Waals surface area contributed by atoms with Gasteiger partial charge in [-0.25, -0.2) is 0 Å². The maximum Gasteiger partial charge on any atom is 0.0779 e. The molecular weight excluding hydrogens is 703 g/mol. The molecule has 0 atom stereocenters. The summed E-state index contributed by atoms with van der Waals surface area (Å²) in [7, 11) is 0. The molecule has 8 aromatic carbocycles. The zero-order valence-corrected chi connectivity index (χ0v) is 31.9. The molecule has 0 saturated heterocycles. The van der Waals surface area contributed by atoms with E-state index in [1.54, 1.807) is 0 Å². The average molecular weight is 742 g/mol. The second kappa shape index (κ2) is 13.8. The lowest BCUT2D eigenvalue weighted by Gasteiger charge is -2.13. The first-order valence-electron chi connectivity index (χ1n) is 19.9. The van der Waals surface area contributed by atoms with Crippen molar-refractivity contribution in [2.75, 3.05) is 0 Å². The summed E-state index contributed by atoms with van der Waals surface area (Å²) in [5, 5.41) is 7.49. The maximum atomic E-state index is 7.09. The number of aromatic nitrogens is 2. The summed E-state index contributed by atoms with van der Waals surface area (Å²) < 4.78 is 5.00. The van der Waals surface area contributed by atoms with E-state index in [0.717, 1.165) is 28.0 Å². The standard InChI is InChI=1S/C55H39N3/c56-50(43-22-14-20-40(34-43)38-17-5-2-6-18-38)35-42(41-21-13-19-39(33-41)37-15-3-1-4-16-37)31-32-57-51-27-11-9-26-48(51)49-30-29-44-36-53-47-25-8-7-23-45(47)46-24-10-12-28-52(46)58(53)54(44)55(49)57/h1-31,33-36H,32,56H2/b42-31+,50-35-. The highest BCUT2D eigenvalue weighted by Gasteiger charge is 2.19. The predicted molar refractivity (Wildman–Crippen MR) is 247 cm³/mol. The van der Waals surface area contributed by atoms with Crippen LogP contribution in [0.4, 0.5) is 0 Å². The first-order valence-corrected chi connectivity index (χ1v) is 19.9. The molecule has 3 heteroatoms. The van der Waals surface area contributed by atoms with Crippen molar-refractivity contribution >= 4 is 71.2 Å². The summed E-state index contributed by atoms with van der Waals surface area (Å²) in [4.78, 5) is 0. The van der Waals surface area contributed by atoms with E-state index in [4.69, 9.17) is 5.73 Å². The Labute approximate surface area is 336 Å². The van der Waals surface area contributed by atoms with Crippen LogP contribution in [0, 0.1) is 0 Å². The molecule has 2 N–H and O–H groups in total. The molecule has 3 heterocycles. The molecule has 0 bridgehead atoms. The van der Waals surface area contributed by atoms with Gasteiger partial charge in [0.05, 0.1) is 22.1 Å². The summed E-state index contributed by atoms with van der Waals surface area (Å²) in [6, 6.07) is 71.8. The third-order valence-corrected chi connectivity index (χ3v) is 11.7. The second-order valence-electron chi connectivity index (χ2n) is 15.1. The molecule has 0 aliphatic rings. The minimum Gasteiger partial charge on any atom is -0.398 e. The Balaban J connectivity index is 1.14. The summed E-state index contributed by atoms with van der Waals surface area (Å²) in [6.07, 6.45) is 4.51. The molecule has 0 saturated carbocycles. The van der Waals surface area contributed by atoms with Crippen LogP contribution in [0.15, 0.2) is 212 Å². The molecule has 0 spiro atoms. The Morgan fingerprint density at radius 3 is 1.64 bits per heavy atom. The molecule has 274 valence electrons. The van der Waals surface area contributed by atoms with Gasteiger partial charge in [-0.2, -0.15) is 0 Å². The molecule has 11 aromatic rings. The Bertz CT molecular complexity index is 3420. The number of nitrogens with two attached hydrogens (primary N) is 1. The lowest BCUT2D eigenvalue weighted by Crippen LogP contribution is -2.00. The highest BCUT2D eigenvalue weighted by Crippen LogP contribution is 2.40. The first-order chi connectivity index (χ1) is 28.7. The van der Waals surface area contributed by atoms with Crippen LogP contribution in [0.5, 0.6) is 0 Å². The molecular formula is C55H39N3. The fourth-order valence-electron chi connectivity index (χ4n) is 9.02. The topological polar surface area (TPSA) is 35.4 Å². The highest BCUT2D eigenvalue weighted by molar-refractivity contribution is 6.22. The van der Waals surface area contributed by atoms with Crippen molar-refractivity contribution in [3.05, 3.63) is 223 Å².